The summed E-state index contributed by atoms with van der Waals surface area (Å²) in [4.78, 5) is 30.1. The van der Waals surface area contributed by atoms with Gasteiger partial charge in [-0.1, -0.05) is 194 Å². The lowest BCUT2D eigenvalue weighted by Crippen LogP contribution is -2.01. The third kappa shape index (κ3) is 7.37. The third-order valence-electron chi connectivity index (χ3n) is 10.5. The average Bonchev–Trinajstić information content (AvgIpc) is 3.35. The Kier molecular flexibility index (Phi) is 9.84. The molecule has 7 aromatic carbocycles. The van der Waals surface area contributed by atoms with Crippen molar-refractivity contribution in [2.75, 3.05) is 0 Å². The topological polar surface area (TPSA) is 77.3 Å². The van der Waals surface area contributed by atoms with Crippen molar-refractivity contribution in [1.29, 1.82) is 0 Å². The zero-order chi connectivity index (χ0) is 40.1. The van der Waals surface area contributed by atoms with Crippen LogP contribution in [0.15, 0.2) is 219 Å². The van der Waals surface area contributed by atoms with Gasteiger partial charge in [0.2, 0.25) is 0 Å². The fraction of sp³-hybridized carbons (Fsp3) is 0. The van der Waals surface area contributed by atoms with E-state index in [0.717, 1.165) is 72.6 Å². The van der Waals surface area contributed by atoms with Gasteiger partial charge in [-0.25, -0.2) is 24.9 Å². The van der Waals surface area contributed by atoms with Crippen molar-refractivity contribution in [3.63, 3.8) is 0 Å². The summed E-state index contributed by atoms with van der Waals surface area (Å²) in [7, 11) is 0. The van der Waals surface area contributed by atoms with Crippen molar-refractivity contribution >= 4 is 0 Å². The van der Waals surface area contributed by atoms with E-state index in [1.807, 2.05) is 116 Å². The monoisotopic (exact) mass is 768 g/mol. The van der Waals surface area contributed by atoms with E-state index in [4.69, 9.17) is 24.9 Å². The van der Waals surface area contributed by atoms with Crippen LogP contribution in [0, 0.1) is 0 Å². The lowest BCUT2D eigenvalue weighted by Gasteiger charge is -2.17. The molecule has 10 aromatic rings. The number of rotatable bonds is 9. The quantitative estimate of drug-likeness (QED) is 0.145. The minimum Gasteiger partial charge on any atom is -0.264 e. The summed E-state index contributed by atoms with van der Waals surface area (Å²) in [5, 5.41) is 0. The van der Waals surface area contributed by atoms with Crippen LogP contribution in [0.3, 0.4) is 0 Å². The molecule has 60 heavy (non-hydrogen) atoms. The smallest absolute Gasteiger partial charge is 0.164 e. The largest absolute Gasteiger partial charge is 0.264 e. The van der Waals surface area contributed by atoms with Gasteiger partial charge in [0, 0.05) is 45.8 Å². The second-order valence-corrected chi connectivity index (χ2v) is 14.3. The van der Waals surface area contributed by atoms with E-state index in [1.165, 1.54) is 5.56 Å². The first-order valence-electron chi connectivity index (χ1n) is 19.9. The molecular weight excluding hydrogens is 733 g/mol. The number of nitrogens with zero attached hydrogens (tertiary/aromatic N) is 6. The Morgan fingerprint density at radius 1 is 0.233 bits per heavy atom. The van der Waals surface area contributed by atoms with Crippen LogP contribution in [0.5, 0.6) is 0 Å². The molecule has 6 heteroatoms. The molecule has 0 atom stereocenters. The Morgan fingerprint density at radius 3 is 1.13 bits per heavy atom. The number of pyridine rings is 1. The van der Waals surface area contributed by atoms with E-state index < -0.39 is 0 Å². The van der Waals surface area contributed by atoms with Crippen LogP contribution in [0.4, 0.5) is 0 Å². The molecule has 3 heterocycles. The van der Waals surface area contributed by atoms with E-state index in [-0.39, 0.29) is 0 Å². The molecule has 6 nitrogen and oxygen atoms in total. The molecule has 0 spiro atoms. The van der Waals surface area contributed by atoms with Gasteiger partial charge in [-0.05, 0) is 45.5 Å². The van der Waals surface area contributed by atoms with E-state index in [9.17, 15) is 0 Å². The first-order valence-corrected chi connectivity index (χ1v) is 19.9. The maximum absolute atomic E-state index is 5.22. The van der Waals surface area contributed by atoms with Crippen molar-refractivity contribution in [3.05, 3.63) is 219 Å². The molecule has 0 aliphatic heterocycles. The van der Waals surface area contributed by atoms with Gasteiger partial charge >= 0.3 is 0 Å². The second kappa shape index (κ2) is 16.3. The highest BCUT2D eigenvalue weighted by molar-refractivity contribution is 5.95. The van der Waals surface area contributed by atoms with E-state index in [2.05, 4.69) is 108 Å². The highest BCUT2D eigenvalue weighted by Gasteiger charge is 2.20. The van der Waals surface area contributed by atoms with Gasteiger partial charge in [0.05, 0.1) is 11.4 Å². The van der Waals surface area contributed by atoms with Crippen molar-refractivity contribution in [2.45, 2.75) is 0 Å². The van der Waals surface area contributed by atoms with Crippen molar-refractivity contribution in [2.24, 2.45) is 0 Å². The molecule has 0 N–H and O–H groups in total. The number of hydrogen-bond donors (Lipinski definition) is 0. The van der Waals surface area contributed by atoms with Crippen LogP contribution in [0.2, 0.25) is 0 Å². The summed E-state index contributed by atoms with van der Waals surface area (Å²) in [6, 6.07) is 70.1. The summed E-state index contributed by atoms with van der Waals surface area (Å²) in [5.74, 6) is 2.46. The summed E-state index contributed by atoms with van der Waals surface area (Å²) < 4.78 is 0. The SMILES string of the molecule is c1ccc(-c2ccc(-c3cc(-c4cnccc4-c4ccccc4-c4ccccc4-c4nc(-c5ccccc5)nc(-c5ccccc5)n4)nc(-c4ccccc4)n3)cc2)cc1. The summed E-state index contributed by atoms with van der Waals surface area (Å²) in [6.07, 6.45) is 3.75. The van der Waals surface area contributed by atoms with Crippen molar-refractivity contribution in [3.8, 4) is 101 Å². The van der Waals surface area contributed by atoms with Crippen LogP contribution in [0.25, 0.3) is 101 Å². The van der Waals surface area contributed by atoms with Gasteiger partial charge in [-0.15, -0.1) is 0 Å². The van der Waals surface area contributed by atoms with Crippen LogP contribution < -0.4 is 0 Å². The van der Waals surface area contributed by atoms with Gasteiger partial charge in [-0.3, -0.25) is 4.98 Å². The van der Waals surface area contributed by atoms with Crippen LogP contribution in [-0.4, -0.2) is 29.9 Å². The lowest BCUT2D eigenvalue weighted by atomic mass is 9.89. The van der Waals surface area contributed by atoms with E-state index in [0.29, 0.717) is 23.3 Å². The number of hydrogen-bond acceptors (Lipinski definition) is 6. The van der Waals surface area contributed by atoms with Crippen molar-refractivity contribution in [1.82, 2.24) is 29.9 Å². The van der Waals surface area contributed by atoms with Gasteiger partial charge in [0.15, 0.2) is 23.3 Å². The molecule has 0 radical (unpaired) electrons. The fourth-order valence-electron chi connectivity index (χ4n) is 7.54. The number of aromatic nitrogens is 6. The van der Waals surface area contributed by atoms with Crippen LogP contribution in [-0.2, 0) is 0 Å². The maximum Gasteiger partial charge on any atom is 0.164 e. The molecule has 0 bridgehead atoms. The zero-order valence-corrected chi connectivity index (χ0v) is 32.5. The minimum atomic E-state index is 0.592. The Labute approximate surface area is 348 Å². The first kappa shape index (κ1) is 36.1. The number of benzene rings is 7. The summed E-state index contributed by atoms with van der Waals surface area (Å²) >= 11 is 0. The minimum absolute atomic E-state index is 0.592. The second-order valence-electron chi connectivity index (χ2n) is 14.3. The Bertz CT molecular complexity index is 3010. The fourth-order valence-corrected chi connectivity index (χ4v) is 7.54. The molecule has 10 rings (SSSR count). The van der Waals surface area contributed by atoms with Gasteiger partial charge < -0.3 is 0 Å². The predicted octanol–water partition coefficient (Wildman–Crippen LogP) is 13.1. The highest BCUT2D eigenvalue weighted by atomic mass is 15.0. The molecular formula is C54H36N6. The lowest BCUT2D eigenvalue weighted by molar-refractivity contribution is 1.07. The van der Waals surface area contributed by atoms with Gasteiger partial charge in [0.25, 0.3) is 0 Å². The summed E-state index contributed by atoms with van der Waals surface area (Å²) in [5.41, 5.74) is 13.5. The van der Waals surface area contributed by atoms with E-state index >= 15 is 0 Å². The Morgan fingerprint density at radius 2 is 0.600 bits per heavy atom. The summed E-state index contributed by atoms with van der Waals surface area (Å²) in [6.45, 7) is 0. The average molecular weight is 769 g/mol. The van der Waals surface area contributed by atoms with E-state index in [1.54, 1.807) is 0 Å². The zero-order valence-electron chi connectivity index (χ0n) is 32.5. The normalized spacial score (nSPS) is 11.0. The molecule has 3 aromatic heterocycles. The maximum atomic E-state index is 5.22. The Hall–Kier alpha value is -8.22. The molecule has 282 valence electrons. The molecule has 0 saturated carbocycles. The van der Waals surface area contributed by atoms with Crippen molar-refractivity contribution < 1.29 is 0 Å². The van der Waals surface area contributed by atoms with Crippen LogP contribution >= 0.6 is 0 Å². The molecule has 0 saturated heterocycles. The Balaban J connectivity index is 1.11. The van der Waals surface area contributed by atoms with Gasteiger partial charge in [0.1, 0.15) is 0 Å². The molecule has 0 unspecified atom stereocenters. The molecule has 0 amide bonds. The van der Waals surface area contributed by atoms with Crippen LogP contribution in [0.1, 0.15) is 0 Å². The third-order valence-corrected chi connectivity index (χ3v) is 10.5. The van der Waals surface area contributed by atoms with Gasteiger partial charge in [-0.2, -0.15) is 0 Å². The predicted molar refractivity (Wildman–Crippen MR) is 242 cm³/mol. The molecule has 0 aliphatic rings. The molecule has 0 fully saturated rings. The first-order chi connectivity index (χ1) is 29.7. The standard InChI is InChI=1S/C54H36N6/c1-5-17-37(18-6-1)38-29-31-39(32-30-38)49-35-50(57-51(56-49)40-19-7-2-8-20-40)48-36-55-34-33-46(48)44-26-14-13-25-43(44)45-27-15-16-28-47(45)54-59-52(41-21-9-3-10-22-41)58-53(60-54)42-23-11-4-12-24-42/h1-36H. The molecule has 0 aliphatic carbocycles. The highest BCUT2D eigenvalue weighted by Crippen LogP contribution is 2.41.